The Morgan fingerprint density at radius 1 is 1.42 bits per heavy atom. The summed E-state index contributed by atoms with van der Waals surface area (Å²) in [7, 11) is 1.32. The van der Waals surface area contributed by atoms with Crippen molar-refractivity contribution in [3.8, 4) is 0 Å². The molecule has 1 atom stereocenters. The Morgan fingerprint density at radius 2 is 2.11 bits per heavy atom. The summed E-state index contributed by atoms with van der Waals surface area (Å²) in [6.07, 6.45) is 0.581. The minimum absolute atomic E-state index is 0.0107. The van der Waals surface area contributed by atoms with E-state index in [1.54, 1.807) is 23.1 Å². The molecule has 0 radical (unpaired) electrons. The summed E-state index contributed by atoms with van der Waals surface area (Å²) in [5.41, 5.74) is 0.0107. The summed E-state index contributed by atoms with van der Waals surface area (Å²) < 4.78 is 32.8. The van der Waals surface area contributed by atoms with E-state index in [-0.39, 0.29) is 24.0 Å². The van der Waals surface area contributed by atoms with Crippen molar-refractivity contribution < 1.29 is 18.3 Å². The number of esters is 1. The number of halogens is 2. The second kappa shape index (κ2) is 5.65. The minimum atomic E-state index is -2.90. The first-order chi connectivity index (χ1) is 9.03. The van der Waals surface area contributed by atoms with Gasteiger partial charge in [0.05, 0.1) is 19.6 Å². The van der Waals surface area contributed by atoms with Gasteiger partial charge in [0, 0.05) is 12.1 Å². The number of carbonyl (C=O) groups excluding carboxylic acids is 1. The van der Waals surface area contributed by atoms with Gasteiger partial charge in [-0.15, -0.1) is 0 Å². The molecular weight excluding hydrogens is 252 g/mol. The van der Waals surface area contributed by atoms with Crippen molar-refractivity contribution in [2.24, 2.45) is 5.92 Å². The second-order valence-electron chi connectivity index (χ2n) is 4.81. The fraction of sp³-hybridized carbons (Fsp3) is 0.500. The van der Waals surface area contributed by atoms with Crippen molar-refractivity contribution in [2.45, 2.75) is 12.3 Å². The van der Waals surface area contributed by atoms with E-state index in [0.29, 0.717) is 19.5 Å². The van der Waals surface area contributed by atoms with Gasteiger partial charge in [-0.25, -0.2) is 0 Å². The fourth-order valence-electron chi connectivity index (χ4n) is 2.39. The maximum Gasteiger partial charge on any atom is 0.310 e. The Hall–Kier alpha value is -1.49. The number of rotatable bonds is 4. The number of hydrogen-bond acceptors (Lipinski definition) is 3. The number of carbonyl (C=O) groups is 1. The zero-order valence-electron chi connectivity index (χ0n) is 10.8. The highest BCUT2D eigenvalue weighted by Gasteiger charge is 2.38. The van der Waals surface area contributed by atoms with Crippen molar-refractivity contribution in [3.05, 3.63) is 35.9 Å². The Morgan fingerprint density at radius 3 is 2.74 bits per heavy atom. The molecule has 2 rings (SSSR count). The van der Waals surface area contributed by atoms with Crippen molar-refractivity contribution in [3.63, 3.8) is 0 Å². The number of hydrogen-bond donors (Lipinski definition) is 0. The van der Waals surface area contributed by atoms with E-state index in [4.69, 9.17) is 0 Å². The van der Waals surface area contributed by atoms with E-state index >= 15 is 0 Å². The molecule has 1 aliphatic heterocycles. The summed E-state index contributed by atoms with van der Waals surface area (Å²) in [6.45, 7) is 0.488. The molecule has 1 aromatic carbocycles. The number of likely N-dealkylation sites (tertiary alicyclic amines) is 1. The van der Waals surface area contributed by atoms with Gasteiger partial charge in [0.25, 0.3) is 5.92 Å². The molecule has 0 saturated carbocycles. The van der Waals surface area contributed by atoms with Gasteiger partial charge in [0.15, 0.2) is 0 Å². The van der Waals surface area contributed by atoms with Gasteiger partial charge in [0.2, 0.25) is 0 Å². The first kappa shape index (κ1) is 13.9. The van der Waals surface area contributed by atoms with E-state index in [1.807, 2.05) is 0 Å². The van der Waals surface area contributed by atoms with E-state index in [9.17, 15) is 13.6 Å². The Kier molecular flexibility index (Phi) is 4.14. The molecule has 0 amide bonds. The molecule has 19 heavy (non-hydrogen) atoms. The monoisotopic (exact) mass is 269 g/mol. The summed E-state index contributed by atoms with van der Waals surface area (Å²) >= 11 is 0. The standard InChI is InChI=1S/C14H17F2NO2/c1-19-13(18)11-7-8-17(9-11)10-14(15,16)12-5-3-2-4-6-12/h2-6,11H,7-10H2,1H3. The zero-order valence-corrected chi connectivity index (χ0v) is 10.8. The van der Waals surface area contributed by atoms with Gasteiger partial charge >= 0.3 is 5.97 Å². The maximum absolute atomic E-state index is 14.1. The quantitative estimate of drug-likeness (QED) is 0.785. The smallest absolute Gasteiger partial charge is 0.310 e. The molecular formula is C14H17F2NO2. The molecule has 0 N–H and O–H groups in total. The Labute approximate surface area is 111 Å². The topological polar surface area (TPSA) is 29.5 Å². The highest BCUT2D eigenvalue weighted by molar-refractivity contribution is 5.72. The van der Waals surface area contributed by atoms with Gasteiger partial charge in [0.1, 0.15) is 0 Å². The third-order valence-corrected chi connectivity index (χ3v) is 3.43. The van der Waals surface area contributed by atoms with Crippen LogP contribution in [0.25, 0.3) is 0 Å². The number of alkyl halides is 2. The molecule has 1 aromatic rings. The number of methoxy groups -OCH3 is 1. The van der Waals surface area contributed by atoms with Crippen molar-refractivity contribution in [1.82, 2.24) is 4.90 Å². The van der Waals surface area contributed by atoms with Crippen LogP contribution in [-0.4, -0.2) is 37.6 Å². The van der Waals surface area contributed by atoms with Crippen LogP contribution in [0.15, 0.2) is 30.3 Å². The van der Waals surface area contributed by atoms with Crippen LogP contribution in [0.3, 0.4) is 0 Å². The van der Waals surface area contributed by atoms with E-state index in [1.165, 1.54) is 19.2 Å². The first-order valence-electron chi connectivity index (χ1n) is 6.26. The zero-order chi connectivity index (χ0) is 13.9. The van der Waals surface area contributed by atoms with Crippen LogP contribution in [0.1, 0.15) is 12.0 Å². The normalized spacial score (nSPS) is 20.5. The van der Waals surface area contributed by atoms with E-state index in [0.717, 1.165) is 0 Å². The second-order valence-corrected chi connectivity index (χ2v) is 4.81. The minimum Gasteiger partial charge on any atom is -0.469 e. The average Bonchev–Trinajstić information content (AvgIpc) is 2.86. The lowest BCUT2D eigenvalue weighted by Crippen LogP contribution is -2.34. The lowest BCUT2D eigenvalue weighted by atomic mass is 10.1. The summed E-state index contributed by atoms with van der Waals surface area (Å²) in [4.78, 5) is 13.0. The largest absolute Gasteiger partial charge is 0.469 e. The van der Waals surface area contributed by atoms with Crippen LogP contribution in [0.4, 0.5) is 8.78 Å². The van der Waals surface area contributed by atoms with Gasteiger partial charge in [-0.2, -0.15) is 8.78 Å². The molecule has 1 heterocycles. The summed E-state index contributed by atoms with van der Waals surface area (Å²) in [5.74, 6) is -3.49. The lowest BCUT2D eigenvalue weighted by Gasteiger charge is -2.23. The third kappa shape index (κ3) is 3.29. The molecule has 104 valence electrons. The van der Waals surface area contributed by atoms with E-state index in [2.05, 4.69) is 4.74 Å². The third-order valence-electron chi connectivity index (χ3n) is 3.43. The highest BCUT2D eigenvalue weighted by Crippen LogP contribution is 2.31. The van der Waals surface area contributed by atoms with Gasteiger partial charge in [-0.05, 0) is 13.0 Å². The van der Waals surface area contributed by atoms with E-state index < -0.39 is 5.92 Å². The molecule has 0 bridgehead atoms. The van der Waals surface area contributed by atoms with Crippen molar-refractivity contribution >= 4 is 5.97 Å². The number of ether oxygens (including phenoxy) is 1. The highest BCUT2D eigenvalue weighted by atomic mass is 19.3. The Balaban J connectivity index is 1.97. The van der Waals surface area contributed by atoms with Gasteiger partial charge in [-0.1, -0.05) is 30.3 Å². The molecule has 1 unspecified atom stereocenters. The summed E-state index contributed by atoms with van der Waals surface area (Å²) in [5, 5.41) is 0. The maximum atomic E-state index is 14.1. The molecule has 1 aliphatic rings. The van der Waals surface area contributed by atoms with Crippen LogP contribution in [0.5, 0.6) is 0 Å². The van der Waals surface area contributed by atoms with Crippen molar-refractivity contribution in [1.29, 1.82) is 0 Å². The molecule has 0 aromatic heterocycles. The SMILES string of the molecule is COC(=O)C1CCN(CC(F)(F)c2ccccc2)C1. The number of benzene rings is 1. The fourth-order valence-corrected chi connectivity index (χ4v) is 2.39. The van der Waals surface area contributed by atoms with Gasteiger partial charge in [-0.3, -0.25) is 9.69 Å². The predicted molar refractivity (Wildman–Crippen MR) is 66.9 cm³/mol. The molecule has 5 heteroatoms. The molecule has 1 saturated heterocycles. The van der Waals surface area contributed by atoms with Crippen LogP contribution in [-0.2, 0) is 15.5 Å². The van der Waals surface area contributed by atoms with Crippen LogP contribution >= 0.6 is 0 Å². The van der Waals surface area contributed by atoms with Crippen molar-refractivity contribution in [2.75, 3.05) is 26.7 Å². The van der Waals surface area contributed by atoms with Crippen LogP contribution < -0.4 is 0 Å². The lowest BCUT2D eigenvalue weighted by molar-refractivity contribution is -0.145. The average molecular weight is 269 g/mol. The predicted octanol–water partition coefficient (Wildman–Crippen LogP) is 2.27. The summed E-state index contributed by atoms with van der Waals surface area (Å²) in [6, 6.07) is 7.76. The molecule has 1 fully saturated rings. The molecule has 0 spiro atoms. The number of nitrogens with zero attached hydrogens (tertiary/aromatic N) is 1. The Bertz CT molecular complexity index is 436. The molecule has 0 aliphatic carbocycles. The van der Waals surface area contributed by atoms with Gasteiger partial charge < -0.3 is 4.74 Å². The van der Waals surface area contributed by atoms with Crippen LogP contribution in [0, 0.1) is 5.92 Å². The molecule has 3 nitrogen and oxygen atoms in total. The van der Waals surface area contributed by atoms with Crippen LogP contribution in [0.2, 0.25) is 0 Å². The first-order valence-corrected chi connectivity index (χ1v) is 6.26.